The molecule has 1 aromatic carbocycles. The number of nitrogens with two attached hydrogens (primary N) is 1. The summed E-state index contributed by atoms with van der Waals surface area (Å²) >= 11 is 0. The van der Waals surface area contributed by atoms with Crippen LogP contribution in [0.4, 0.5) is 0 Å². The summed E-state index contributed by atoms with van der Waals surface area (Å²) in [5, 5.41) is 14.7. The van der Waals surface area contributed by atoms with Crippen molar-refractivity contribution in [3.8, 4) is 34.4 Å². The van der Waals surface area contributed by atoms with E-state index in [-0.39, 0.29) is 12.1 Å². The third-order valence-electron chi connectivity index (χ3n) is 5.28. The molecule has 2 aromatic heterocycles. The first-order valence-corrected chi connectivity index (χ1v) is 9.69. The Morgan fingerprint density at radius 3 is 2.65 bits per heavy atom. The molecule has 0 spiro atoms. The monoisotopic (exact) mass is 415 g/mol. The number of rotatable bonds is 3. The van der Waals surface area contributed by atoms with E-state index in [2.05, 4.69) is 21.9 Å². The lowest BCUT2D eigenvalue weighted by Gasteiger charge is -2.13. The molecule has 1 aliphatic heterocycles. The van der Waals surface area contributed by atoms with Gasteiger partial charge in [-0.3, -0.25) is 14.3 Å². The van der Waals surface area contributed by atoms with E-state index in [0.717, 1.165) is 16.8 Å². The maximum absolute atomic E-state index is 12.1. The van der Waals surface area contributed by atoms with Crippen molar-refractivity contribution in [2.45, 2.75) is 12.0 Å². The van der Waals surface area contributed by atoms with Crippen LogP contribution in [0.3, 0.4) is 0 Å². The number of aliphatic hydroxyl groups is 1. The summed E-state index contributed by atoms with van der Waals surface area (Å²) in [4.78, 5) is 29.8. The second-order valence-electron chi connectivity index (χ2n) is 7.50. The van der Waals surface area contributed by atoms with Crippen molar-refractivity contribution in [1.82, 2.24) is 19.7 Å². The number of likely N-dealkylation sites (N-methyl/N-ethyl adjacent to an activating group) is 1. The average molecular weight is 415 g/mol. The number of amides is 2. The Bertz CT molecular complexity index is 1250. The summed E-state index contributed by atoms with van der Waals surface area (Å²) in [6, 6.07) is 12.5. The van der Waals surface area contributed by atoms with Gasteiger partial charge in [-0.25, -0.2) is 4.98 Å². The second kappa shape index (κ2) is 7.70. The van der Waals surface area contributed by atoms with Crippen LogP contribution in [0.5, 0.6) is 0 Å². The molecule has 8 heteroatoms. The number of carbonyl (C=O) groups is 2. The molecule has 156 valence electrons. The van der Waals surface area contributed by atoms with E-state index in [1.54, 1.807) is 42.2 Å². The predicted molar refractivity (Wildman–Crippen MR) is 114 cm³/mol. The van der Waals surface area contributed by atoms with Crippen molar-refractivity contribution in [3.05, 3.63) is 59.9 Å². The first kappa shape index (κ1) is 20.3. The van der Waals surface area contributed by atoms with E-state index in [0.29, 0.717) is 17.8 Å². The molecule has 1 aliphatic rings. The van der Waals surface area contributed by atoms with Crippen molar-refractivity contribution in [2.24, 2.45) is 12.8 Å². The molecule has 1 atom stereocenters. The smallest absolute Gasteiger partial charge is 0.267 e. The molecular weight excluding hydrogens is 394 g/mol. The van der Waals surface area contributed by atoms with Crippen LogP contribution < -0.4 is 5.73 Å². The highest BCUT2D eigenvalue weighted by Gasteiger charge is 2.42. The molecule has 4 rings (SSSR count). The topological polar surface area (TPSA) is 114 Å². The maximum atomic E-state index is 12.1. The molecule has 2 amide bonds. The van der Waals surface area contributed by atoms with Crippen LogP contribution in [0.25, 0.3) is 22.5 Å². The summed E-state index contributed by atoms with van der Waals surface area (Å²) in [7, 11) is 3.45. The Morgan fingerprint density at radius 1 is 1.19 bits per heavy atom. The number of likely N-dealkylation sites (tertiary alicyclic amines) is 1. The SMILES string of the molecule is CN1CC[C@@](O)(C#Cc2cccc(-c3cc(-c4ccnn4C)cc(C(N)=O)n3)c2)C1=O. The molecule has 3 heterocycles. The number of hydrogen-bond acceptors (Lipinski definition) is 5. The lowest BCUT2D eigenvalue weighted by atomic mass is 10.0. The lowest BCUT2D eigenvalue weighted by molar-refractivity contribution is -0.137. The van der Waals surface area contributed by atoms with Gasteiger partial charge < -0.3 is 15.7 Å². The predicted octanol–water partition coefficient (Wildman–Crippen LogP) is 1.19. The quantitative estimate of drug-likeness (QED) is 0.624. The largest absolute Gasteiger partial charge is 0.369 e. The molecular formula is C23H21N5O3. The number of primary amides is 1. The average Bonchev–Trinajstić information content (AvgIpc) is 3.31. The number of aromatic nitrogens is 3. The molecule has 8 nitrogen and oxygen atoms in total. The summed E-state index contributed by atoms with van der Waals surface area (Å²) in [5.74, 6) is 4.58. The van der Waals surface area contributed by atoms with Crippen LogP contribution in [0.15, 0.2) is 48.7 Å². The number of aryl methyl sites for hydroxylation is 1. The molecule has 31 heavy (non-hydrogen) atoms. The highest BCUT2D eigenvalue weighted by molar-refractivity contribution is 5.93. The first-order chi connectivity index (χ1) is 14.8. The van der Waals surface area contributed by atoms with Gasteiger partial charge in [-0.15, -0.1) is 0 Å². The van der Waals surface area contributed by atoms with Crippen molar-refractivity contribution in [3.63, 3.8) is 0 Å². The molecule has 3 N–H and O–H groups in total. The Labute approximate surface area is 179 Å². The summed E-state index contributed by atoms with van der Waals surface area (Å²) in [6.45, 7) is 0.463. The number of hydrogen-bond donors (Lipinski definition) is 2. The van der Waals surface area contributed by atoms with Crippen LogP contribution in [0.1, 0.15) is 22.5 Å². The third-order valence-corrected chi connectivity index (χ3v) is 5.28. The zero-order valence-electron chi connectivity index (χ0n) is 17.2. The third kappa shape index (κ3) is 3.91. The number of benzene rings is 1. The van der Waals surface area contributed by atoms with E-state index in [9.17, 15) is 14.7 Å². The van der Waals surface area contributed by atoms with Gasteiger partial charge in [0, 0.05) is 49.9 Å². The van der Waals surface area contributed by atoms with E-state index in [1.165, 1.54) is 4.90 Å². The Balaban J connectivity index is 1.74. The van der Waals surface area contributed by atoms with E-state index in [4.69, 9.17) is 5.73 Å². The van der Waals surface area contributed by atoms with Crippen LogP contribution in [0.2, 0.25) is 0 Å². The fraction of sp³-hybridized carbons (Fsp3) is 0.217. The zero-order chi connectivity index (χ0) is 22.2. The minimum Gasteiger partial charge on any atom is -0.369 e. The van der Waals surface area contributed by atoms with Gasteiger partial charge in [-0.1, -0.05) is 24.0 Å². The molecule has 1 saturated heterocycles. The lowest BCUT2D eigenvalue weighted by Crippen LogP contribution is -2.37. The number of pyridine rings is 1. The summed E-state index contributed by atoms with van der Waals surface area (Å²) in [5.41, 5.74) is 7.42. The Hall–Kier alpha value is -3.96. The molecule has 1 fully saturated rings. The van der Waals surface area contributed by atoms with Crippen LogP contribution in [-0.4, -0.2) is 55.8 Å². The van der Waals surface area contributed by atoms with Crippen molar-refractivity contribution < 1.29 is 14.7 Å². The number of carbonyl (C=O) groups excluding carboxylic acids is 2. The minimum atomic E-state index is -1.67. The van der Waals surface area contributed by atoms with Crippen LogP contribution in [0, 0.1) is 11.8 Å². The molecule has 0 aliphatic carbocycles. The molecule has 3 aromatic rings. The second-order valence-corrected chi connectivity index (χ2v) is 7.50. The fourth-order valence-electron chi connectivity index (χ4n) is 3.51. The zero-order valence-corrected chi connectivity index (χ0v) is 17.2. The number of nitrogens with zero attached hydrogens (tertiary/aromatic N) is 4. The molecule has 0 unspecified atom stereocenters. The molecule has 0 bridgehead atoms. The van der Waals surface area contributed by atoms with Gasteiger partial charge >= 0.3 is 0 Å². The minimum absolute atomic E-state index is 0.138. The summed E-state index contributed by atoms with van der Waals surface area (Å²) in [6.07, 6.45) is 1.94. The van der Waals surface area contributed by atoms with Gasteiger partial charge in [0.2, 0.25) is 5.60 Å². The highest BCUT2D eigenvalue weighted by atomic mass is 16.3. The van der Waals surface area contributed by atoms with Gasteiger partial charge in [0.05, 0.1) is 11.4 Å². The van der Waals surface area contributed by atoms with Gasteiger partial charge in [0.1, 0.15) is 5.69 Å². The van der Waals surface area contributed by atoms with Gasteiger partial charge in [-0.05, 0) is 30.3 Å². The standard InChI is InChI=1S/C23H21N5O3/c1-27-11-9-23(31,22(27)30)8-6-15-4-3-5-16(12-15)18-13-17(14-19(26-18)21(24)29)20-7-10-25-28(20)2/h3-5,7,10,12-14,31H,9,11H2,1-2H3,(H2,24,29)/t23-/m0/s1. The maximum Gasteiger partial charge on any atom is 0.267 e. The Kier molecular flexibility index (Phi) is 5.05. The summed E-state index contributed by atoms with van der Waals surface area (Å²) < 4.78 is 1.70. The van der Waals surface area contributed by atoms with Gasteiger partial charge in [0.25, 0.3) is 11.8 Å². The van der Waals surface area contributed by atoms with E-state index in [1.807, 2.05) is 25.2 Å². The van der Waals surface area contributed by atoms with Crippen molar-refractivity contribution in [1.29, 1.82) is 0 Å². The van der Waals surface area contributed by atoms with Crippen LogP contribution >= 0.6 is 0 Å². The van der Waals surface area contributed by atoms with E-state index < -0.39 is 17.4 Å². The van der Waals surface area contributed by atoms with E-state index >= 15 is 0 Å². The molecule has 0 radical (unpaired) electrons. The Morgan fingerprint density at radius 2 is 2.00 bits per heavy atom. The van der Waals surface area contributed by atoms with Crippen molar-refractivity contribution in [2.75, 3.05) is 13.6 Å². The van der Waals surface area contributed by atoms with Crippen molar-refractivity contribution >= 4 is 11.8 Å². The highest BCUT2D eigenvalue weighted by Crippen LogP contribution is 2.26. The normalized spacial score (nSPS) is 18.0. The van der Waals surface area contributed by atoms with Gasteiger partial charge in [0.15, 0.2) is 0 Å². The van der Waals surface area contributed by atoms with Crippen LogP contribution in [-0.2, 0) is 11.8 Å². The first-order valence-electron chi connectivity index (χ1n) is 9.69. The van der Waals surface area contributed by atoms with Gasteiger partial charge in [-0.2, -0.15) is 5.10 Å². The fourth-order valence-corrected chi connectivity index (χ4v) is 3.51. The molecule has 0 saturated carbocycles.